The Bertz CT molecular complexity index is 787. The van der Waals surface area contributed by atoms with E-state index in [0.717, 1.165) is 18.2 Å². The van der Waals surface area contributed by atoms with E-state index in [9.17, 15) is 0 Å². The number of aromatic nitrogens is 3. The maximum Gasteiger partial charge on any atom is 0.137 e. The fourth-order valence-electron chi connectivity index (χ4n) is 3.22. The van der Waals surface area contributed by atoms with Gasteiger partial charge in [0.05, 0.1) is 0 Å². The molecule has 0 spiro atoms. The Labute approximate surface area is 140 Å². The predicted molar refractivity (Wildman–Crippen MR) is 92.9 cm³/mol. The Balaban J connectivity index is 1.44. The molecule has 1 N–H and O–H groups in total. The number of nitrogens with one attached hydrogen (secondary N) is 1. The van der Waals surface area contributed by atoms with E-state index in [-0.39, 0.29) is 0 Å². The Kier molecular flexibility index (Phi) is 3.97. The number of imidazole rings is 1. The first-order valence-electron chi connectivity index (χ1n) is 8.06. The third kappa shape index (κ3) is 2.94. The van der Waals surface area contributed by atoms with Crippen LogP contribution < -0.4 is 5.32 Å². The molecule has 4 rings (SSSR count). The Morgan fingerprint density at radius 1 is 1.30 bits per heavy atom. The minimum Gasteiger partial charge on any atom is -0.306 e. The quantitative estimate of drug-likeness (QED) is 0.793. The van der Waals surface area contributed by atoms with Crippen molar-refractivity contribution in [3.8, 4) is 5.82 Å². The fraction of sp³-hybridized carbons (Fsp3) is 0.333. The Morgan fingerprint density at radius 3 is 3.04 bits per heavy atom. The van der Waals surface area contributed by atoms with Crippen LogP contribution in [0.1, 0.15) is 40.7 Å². The van der Waals surface area contributed by atoms with Crippen molar-refractivity contribution in [1.82, 2.24) is 19.9 Å². The summed E-state index contributed by atoms with van der Waals surface area (Å²) >= 11 is 1.89. The third-order valence-electron chi connectivity index (χ3n) is 4.49. The molecule has 1 atom stereocenters. The van der Waals surface area contributed by atoms with Gasteiger partial charge in [-0.2, -0.15) is 0 Å². The number of aryl methyl sites for hydroxylation is 2. The zero-order valence-electron chi connectivity index (χ0n) is 13.2. The predicted octanol–water partition coefficient (Wildman–Crippen LogP) is 3.80. The monoisotopic (exact) mass is 324 g/mol. The lowest BCUT2D eigenvalue weighted by Gasteiger charge is -2.23. The summed E-state index contributed by atoms with van der Waals surface area (Å²) in [4.78, 5) is 10.4. The first kappa shape index (κ1) is 14.6. The van der Waals surface area contributed by atoms with Crippen molar-refractivity contribution in [3.63, 3.8) is 0 Å². The molecule has 3 aromatic heterocycles. The maximum absolute atomic E-state index is 4.57. The molecule has 0 bridgehead atoms. The van der Waals surface area contributed by atoms with Crippen LogP contribution >= 0.6 is 11.3 Å². The van der Waals surface area contributed by atoms with Gasteiger partial charge in [0.25, 0.3) is 0 Å². The van der Waals surface area contributed by atoms with E-state index < -0.39 is 0 Å². The second-order valence-electron chi connectivity index (χ2n) is 5.99. The smallest absolute Gasteiger partial charge is 0.137 e. The average molecular weight is 324 g/mol. The number of pyridine rings is 1. The summed E-state index contributed by atoms with van der Waals surface area (Å²) in [5.41, 5.74) is 2.72. The molecule has 1 aliphatic rings. The highest BCUT2D eigenvalue weighted by atomic mass is 32.1. The fourth-order valence-corrected chi connectivity index (χ4v) is 4.21. The van der Waals surface area contributed by atoms with E-state index >= 15 is 0 Å². The van der Waals surface area contributed by atoms with Gasteiger partial charge in [0.1, 0.15) is 11.6 Å². The van der Waals surface area contributed by atoms with Crippen LogP contribution in [0.4, 0.5) is 0 Å². The molecule has 3 heterocycles. The average Bonchev–Trinajstić information content (AvgIpc) is 3.22. The van der Waals surface area contributed by atoms with Gasteiger partial charge in [0, 0.05) is 36.1 Å². The number of fused-ring (bicyclic) bond motifs is 1. The molecule has 0 aliphatic heterocycles. The molecule has 0 aromatic carbocycles. The van der Waals surface area contributed by atoms with Gasteiger partial charge in [0.2, 0.25) is 0 Å². The first-order valence-corrected chi connectivity index (χ1v) is 8.94. The van der Waals surface area contributed by atoms with Crippen LogP contribution in [0, 0.1) is 6.92 Å². The van der Waals surface area contributed by atoms with E-state index in [4.69, 9.17) is 0 Å². The molecular formula is C18H20N4S. The first-order chi connectivity index (χ1) is 11.3. The Morgan fingerprint density at radius 2 is 2.26 bits per heavy atom. The molecular weight excluding hydrogens is 304 g/mol. The highest BCUT2D eigenvalue weighted by Crippen LogP contribution is 2.33. The SMILES string of the molecule is Cc1nccn1-c1ccc(CN[C@H]2CCCc3sccc32)cn1. The number of thiophene rings is 1. The molecule has 5 heteroatoms. The molecule has 0 amide bonds. The summed E-state index contributed by atoms with van der Waals surface area (Å²) < 4.78 is 2.00. The summed E-state index contributed by atoms with van der Waals surface area (Å²) in [7, 11) is 0. The highest BCUT2D eigenvalue weighted by molar-refractivity contribution is 7.10. The summed E-state index contributed by atoms with van der Waals surface area (Å²) in [5.74, 6) is 1.87. The van der Waals surface area contributed by atoms with Crippen molar-refractivity contribution in [3.05, 3.63) is 64.0 Å². The van der Waals surface area contributed by atoms with E-state index in [1.807, 2.05) is 35.2 Å². The molecule has 3 aromatic rings. The maximum atomic E-state index is 4.57. The van der Waals surface area contributed by atoms with Crippen LogP contribution in [0.3, 0.4) is 0 Å². The molecule has 118 valence electrons. The van der Waals surface area contributed by atoms with Gasteiger partial charge in [0.15, 0.2) is 0 Å². The zero-order valence-corrected chi connectivity index (χ0v) is 14.0. The van der Waals surface area contributed by atoms with E-state index in [1.165, 1.54) is 30.4 Å². The van der Waals surface area contributed by atoms with E-state index in [0.29, 0.717) is 6.04 Å². The van der Waals surface area contributed by atoms with Crippen molar-refractivity contribution < 1.29 is 0 Å². The molecule has 0 radical (unpaired) electrons. The van der Waals surface area contributed by atoms with Crippen LogP contribution in [-0.4, -0.2) is 14.5 Å². The zero-order chi connectivity index (χ0) is 15.6. The summed E-state index contributed by atoms with van der Waals surface area (Å²) in [5, 5.41) is 5.91. The van der Waals surface area contributed by atoms with Crippen LogP contribution in [0.15, 0.2) is 42.2 Å². The minimum absolute atomic E-state index is 0.487. The van der Waals surface area contributed by atoms with Crippen molar-refractivity contribution >= 4 is 11.3 Å². The second-order valence-corrected chi connectivity index (χ2v) is 6.99. The summed E-state index contributed by atoms with van der Waals surface area (Å²) in [6, 6.07) is 6.97. The molecule has 0 saturated carbocycles. The Hall–Kier alpha value is -1.98. The van der Waals surface area contributed by atoms with Gasteiger partial charge in [-0.3, -0.25) is 4.57 Å². The minimum atomic E-state index is 0.487. The van der Waals surface area contributed by atoms with Crippen LogP contribution in [-0.2, 0) is 13.0 Å². The molecule has 4 nitrogen and oxygen atoms in total. The van der Waals surface area contributed by atoms with Crippen molar-refractivity contribution in [2.75, 3.05) is 0 Å². The number of rotatable bonds is 4. The molecule has 1 aliphatic carbocycles. The van der Waals surface area contributed by atoms with Crippen molar-refractivity contribution in [2.24, 2.45) is 0 Å². The second kappa shape index (κ2) is 6.26. The van der Waals surface area contributed by atoms with Gasteiger partial charge < -0.3 is 5.32 Å². The topological polar surface area (TPSA) is 42.7 Å². The third-order valence-corrected chi connectivity index (χ3v) is 5.48. The van der Waals surface area contributed by atoms with Crippen molar-refractivity contribution in [2.45, 2.75) is 38.8 Å². The van der Waals surface area contributed by atoms with Gasteiger partial charge >= 0.3 is 0 Å². The van der Waals surface area contributed by atoms with E-state index in [1.54, 1.807) is 11.1 Å². The highest BCUT2D eigenvalue weighted by Gasteiger charge is 2.20. The lowest BCUT2D eigenvalue weighted by Crippen LogP contribution is -2.23. The van der Waals surface area contributed by atoms with Crippen LogP contribution in [0.25, 0.3) is 5.82 Å². The summed E-state index contributed by atoms with van der Waals surface area (Å²) in [6.07, 6.45) is 9.44. The number of hydrogen-bond acceptors (Lipinski definition) is 4. The van der Waals surface area contributed by atoms with Gasteiger partial charge in [-0.25, -0.2) is 9.97 Å². The normalized spacial score (nSPS) is 17.2. The largest absolute Gasteiger partial charge is 0.306 e. The lowest BCUT2D eigenvalue weighted by atomic mass is 9.94. The van der Waals surface area contributed by atoms with Crippen LogP contribution in [0.5, 0.6) is 0 Å². The molecule has 23 heavy (non-hydrogen) atoms. The van der Waals surface area contributed by atoms with Gasteiger partial charge in [-0.1, -0.05) is 6.07 Å². The lowest BCUT2D eigenvalue weighted by molar-refractivity contribution is 0.463. The number of nitrogens with zero attached hydrogens (tertiary/aromatic N) is 3. The molecule has 0 saturated heterocycles. The van der Waals surface area contributed by atoms with Crippen molar-refractivity contribution in [1.29, 1.82) is 0 Å². The van der Waals surface area contributed by atoms with E-state index in [2.05, 4.69) is 38.9 Å². The van der Waals surface area contributed by atoms with Crippen LogP contribution in [0.2, 0.25) is 0 Å². The van der Waals surface area contributed by atoms with Gasteiger partial charge in [-0.15, -0.1) is 11.3 Å². The summed E-state index contributed by atoms with van der Waals surface area (Å²) in [6.45, 7) is 2.84. The standard InChI is InChI=1S/C18H20N4S/c1-13-19-8-9-22(13)18-6-5-14(12-21-18)11-20-16-3-2-4-17-15(16)7-10-23-17/h5-10,12,16,20H,2-4,11H2,1H3/t16-/m0/s1. The molecule has 0 unspecified atom stereocenters. The van der Waals surface area contributed by atoms with Gasteiger partial charge in [-0.05, 0) is 54.8 Å². The number of hydrogen-bond donors (Lipinski definition) is 1. The molecule has 0 fully saturated rings.